The van der Waals surface area contributed by atoms with Crippen LogP contribution in [0.1, 0.15) is 24.2 Å². The first-order valence-electron chi connectivity index (χ1n) is 7.50. The predicted molar refractivity (Wildman–Crippen MR) is 87.5 cm³/mol. The maximum Gasteiger partial charge on any atom is 0.338 e. The summed E-state index contributed by atoms with van der Waals surface area (Å²) in [5, 5.41) is 2.63. The van der Waals surface area contributed by atoms with Gasteiger partial charge in [0.05, 0.1) is 12.2 Å². The quantitative estimate of drug-likeness (QED) is 0.824. The number of nitrogens with one attached hydrogen (secondary N) is 1. The van der Waals surface area contributed by atoms with Gasteiger partial charge in [0.25, 0.3) is 5.91 Å². The molecule has 2 aromatic rings. The third kappa shape index (κ3) is 4.81. The molecule has 0 spiro atoms. The van der Waals surface area contributed by atoms with Gasteiger partial charge in [-0.2, -0.15) is 0 Å². The lowest BCUT2D eigenvalue weighted by Crippen LogP contribution is -2.30. The SMILES string of the molecule is CCOC(=O)c1ccc(O[C@@H](C)C(=O)Nc2ccc(F)cc2)cc1. The molecule has 1 amide bonds. The van der Waals surface area contributed by atoms with Crippen molar-refractivity contribution in [1.29, 1.82) is 0 Å². The molecule has 126 valence electrons. The number of hydrogen-bond donors (Lipinski definition) is 1. The summed E-state index contributed by atoms with van der Waals surface area (Å²) in [6.07, 6.45) is -0.761. The third-order valence-corrected chi connectivity index (χ3v) is 3.16. The summed E-state index contributed by atoms with van der Waals surface area (Å²) in [5.41, 5.74) is 0.891. The van der Waals surface area contributed by atoms with Gasteiger partial charge in [0.15, 0.2) is 6.10 Å². The van der Waals surface area contributed by atoms with E-state index < -0.39 is 12.1 Å². The maximum absolute atomic E-state index is 12.8. The van der Waals surface area contributed by atoms with Gasteiger partial charge < -0.3 is 14.8 Å². The van der Waals surface area contributed by atoms with Crippen molar-refractivity contribution in [3.63, 3.8) is 0 Å². The highest BCUT2D eigenvalue weighted by molar-refractivity contribution is 5.94. The Labute approximate surface area is 139 Å². The van der Waals surface area contributed by atoms with Crippen LogP contribution in [0.4, 0.5) is 10.1 Å². The monoisotopic (exact) mass is 331 g/mol. The molecular weight excluding hydrogens is 313 g/mol. The van der Waals surface area contributed by atoms with E-state index >= 15 is 0 Å². The first-order valence-corrected chi connectivity index (χ1v) is 7.50. The van der Waals surface area contributed by atoms with Gasteiger partial charge in [-0.15, -0.1) is 0 Å². The van der Waals surface area contributed by atoms with Crippen LogP contribution >= 0.6 is 0 Å². The molecule has 0 radical (unpaired) electrons. The van der Waals surface area contributed by atoms with E-state index in [1.54, 1.807) is 38.1 Å². The minimum absolute atomic E-state index is 0.303. The fourth-order valence-electron chi connectivity index (χ4n) is 1.92. The number of ether oxygens (including phenoxy) is 2. The number of benzene rings is 2. The molecule has 24 heavy (non-hydrogen) atoms. The lowest BCUT2D eigenvalue weighted by atomic mass is 10.2. The molecule has 0 saturated carbocycles. The predicted octanol–water partition coefficient (Wildman–Crippen LogP) is 3.41. The molecule has 0 saturated heterocycles. The Morgan fingerprint density at radius 3 is 2.29 bits per heavy atom. The number of amides is 1. The number of rotatable bonds is 6. The van der Waals surface area contributed by atoms with E-state index in [4.69, 9.17) is 9.47 Å². The maximum atomic E-state index is 12.8. The van der Waals surface area contributed by atoms with Crippen molar-refractivity contribution in [1.82, 2.24) is 0 Å². The van der Waals surface area contributed by atoms with Gasteiger partial charge in [-0.05, 0) is 62.4 Å². The van der Waals surface area contributed by atoms with Crippen LogP contribution in [-0.4, -0.2) is 24.6 Å². The van der Waals surface area contributed by atoms with Crippen molar-refractivity contribution < 1.29 is 23.5 Å². The lowest BCUT2D eigenvalue weighted by Gasteiger charge is -2.15. The summed E-state index contributed by atoms with van der Waals surface area (Å²) in [4.78, 5) is 23.6. The van der Waals surface area contributed by atoms with Crippen LogP contribution in [0, 0.1) is 5.82 Å². The molecular formula is C18H18FNO4. The van der Waals surface area contributed by atoms with E-state index in [2.05, 4.69) is 5.32 Å². The van der Waals surface area contributed by atoms with Crippen LogP contribution < -0.4 is 10.1 Å². The van der Waals surface area contributed by atoms with Gasteiger partial charge in [-0.3, -0.25) is 4.79 Å². The number of carbonyl (C=O) groups is 2. The van der Waals surface area contributed by atoms with E-state index in [0.717, 1.165) is 0 Å². The molecule has 2 aromatic carbocycles. The van der Waals surface area contributed by atoms with Gasteiger partial charge in [-0.25, -0.2) is 9.18 Å². The van der Waals surface area contributed by atoms with Crippen LogP contribution in [-0.2, 0) is 9.53 Å². The molecule has 1 N–H and O–H groups in total. The summed E-state index contributed by atoms with van der Waals surface area (Å²) in [6.45, 7) is 3.63. The molecule has 0 aliphatic heterocycles. The number of hydrogen-bond acceptors (Lipinski definition) is 4. The zero-order valence-corrected chi connectivity index (χ0v) is 13.4. The van der Waals surface area contributed by atoms with Crippen molar-refractivity contribution in [2.24, 2.45) is 0 Å². The molecule has 0 fully saturated rings. The second-order valence-corrected chi connectivity index (χ2v) is 5.00. The summed E-state index contributed by atoms with van der Waals surface area (Å²) in [5.74, 6) is -0.703. The zero-order chi connectivity index (χ0) is 17.5. The average Bonchev–Trinajstić information content (AvgIpc) is 2.57. The number of anilines is 1. The first kappa shape index (κ1) is 17.5. The lowest BCUT2D eigenvalue weighted by molar-refractivity contribution is -0.122. The number of esters is 1. The molecule has 6 heteroatoms. The number of carbonyl (C=O) groups excluding carboxylic acids is 2. The van der Waals surface area contributed by atoms with Crippen molar-refractivity contribution in [2.75, 3.05) is 11.9 Å². The average molecular weight is 331 g/mol. The fraction of sp³-hybridized carbons (Fsp3) is 0.222. The zero-order valence-electron chi connectivity index (χ0n) is 13.4. The van der Waals surface area contributed by atoms with Crippen LogP contribution in [0.15, 0.2) is 48.5 Å². The molecule has 0 aromatic heterocycles. The van der Waals surface area contributed by atoms with Crippen molar-refractivity contribution >= 4 is 17.6 Å². The highest BCUT2D eigenvalue weighted by atomic mass is 19.1. The van der Waals surface area contributed by atoms with E-state index in [1.165, 1.54) is 24.3 Å². The molecule has 0 aliphatic carbocycles. The summed E-state index contributed by atoms with van der Waals surface area (Å²) >= 11 is 0. The summed E-state index contributed by atoms with van der Waals surface area (Å²) < 4.78 is 23.3. The Morgan fingerprint density at radius 1 is 1.08 bits per heavy atom. The first-order chi connectivity index (χ1) is 11.5. The van der Waals surface area contributed by atoms with E-state index in [1.807, 2.05) is 0 Å². The molecule has 0 bridgehead atoms. The van der Waals surface area contributed by atoms with Gasteiger partial charge in [0.2, 0.25) is 0 Å². The van der Waals surface area contributed by atoms with Crippen LogP contribution in [0.2, 0.25) is 0 Å². The van der Waals surface area contributed by atoms with E-state index in [-0.39, 0.29) is 11.7 Å². The number of halogens is 1. The smallest absolute Gasteiger partial charge is 0.338 e. The molecule has 1 atom stereocenters. The second kappa shape index (κ2) is 8.10. The molecule has 2 rings (SSSR count). The largest absolute Gasteiger partial charge is 0.481 e. The Balaban J connectivity index is 1.93. The standard InChI is InChI=1S/C18H18FNO4/c1-3-23-18(22)13-4-10-16(11-5-13)24-12(2)17(21)20-15-8-6-14(19)7-9-15/h4-12H,3H2,1-2H3,(H,20,21)/t12-/m0/s1. The van der Waals surface area contributed by atoms with Gasteiger partial charge >= 0.3 is 5.97 Å². The van der Waals surface area contributed by atoms with Gasteiger partial charge in [0.1, 0.15) is 11.6 Å². The Bertz CT molecular complexity index is 698. The normalized spacial score (nSPS) is 11.5. The second-order valence-electron chi connectivity index (χ2n) is 5.00. The summed E-state index contributed by atoms with van der Waals surface area (Å²) in [7, 11) is 0. The minimum atomic E-state index is -0.761. The van der Waals surface area contributed by atoms with Crippen molar-refractivity contribution in [2.45, 2.75) is 20.0 Å². The van der Waals surface area contributed by atoms with Crippen LogP contribution in [0.5, 0.6) is 5.75 Å². The molecule has 0 heterocycles. The molecule has 0 aliphatic rings. The van der Waals surface area contributed by atoms with E-state index in [0.29, 0.717) is 23.6 Å². The van der Waals surface area contributed by atoms with E-state index in [9.17, 15) is 14.0 Å². The van der Waals surface area contributed by atoms with Crippen molar-refractivity contribution in [3.8, 4) is 5.75 Å². The fourth-order valence-corrected chi connectivity index (χ4v) is 1.92. The molecule has 0 unspecified atom stereocenters. The van der Waals surface area contributed by atoms with Gasteiger partial charge in [0, 0.05) is 5.69 Å². The molecule has 5 nitrogen and oxygen atoms in total. The van der Waals surface area contributed by atoms with Crippen LogP contribution in [0.3, 0.4) is 0 Å². The topological polar surface area (TPSA) is 64.6 Å². The Morgan fingerprint density at radius 2 is 1.71 bits per heavy atom. The third-order valence-electron chi connectivity index (χ3n) is 3.16. The highest BCUT2D eigenvalue weighted by Crippen LogP contribution is 2.16. The Kier molecular flexibility index (Phi) is 5.89. The van der Waals surface area contributed by atoms with Gasteiger partial charge in [-0.1, -0.05) is 0 Å². The minimum Gasteiger partial charge on any atom is -0.481 e. The summed E-state index contributed by atoms with van der Waals surface area (Å²) in [6, 6.07) is 11.8. The van der Waals surface area contributed by atoms with Crippen molar-refractivity contribution in [3.05, 3.63) is 59.9 Å². The Hall–Kier alpha value is -2.89. The van der Waals surface area contributed by atoms with Crippen LogP contribution in [0.25, 0.3) is 0 Å². The highest BCUT2D eigenvalue weighted by Gasteiger charge is 2.15.